The van der Waals surface area contributed by atoms with Crippen molar-refractivity contribution in [2.24, 2.45) is 0 Å². The first-order chi connectivity index (χ1) is 14.0. The molecule has 1 saturated heterocycles. The number of aromatic amines is 1. The summed E-state index contributed by atoms with van der Waals surface area (Å²) < 4.78 is 15.0. The number of rotatable bonds is 5. The molecule has 1 aliphatic heterocycles. The highest BCUT2D eigenvalue weighted by atomic mass is 35.5. The number of fused-ring (bicyclic) bond motifs is 1. The molecule has 8 heteroatoms. The van der Waals surface area contributed by atoms with Gasteiger partial charge in [-0.25, -0.2) is 9.37 Å². The molecular formula is C21H23ClFN5O. The van der Waals surface area contributed by atoms with Crippen molar-refractivity contribution in [2.75, 3.05) is 25.5 Å². The molecule has 0 aliphatic carbocycles. The maximum absolute atomic E-state index is 15.0. The van der Waals surface area contributed by atoms with E-state index >= 15 is 4.39 Å². The van der Waals surface area contributed by atoms with Crippen LogP contribution in [0.3, 0.4) is 0 Å². The van der Waals surface area contributed by atoms with E-state index in [0.717, 1.165) is 17.5 Å². The normalized spacial score (nSPS) is 20.0. The van der Waals surface area contributed by atoms with Gasteiger partial charge in [-0.15, -0.1) is 0 Å². The third-order valence-electron chi connectivity index (χ3n) is 5.33. The fraction of sp³-hybridized carbons (Fsp3) is 0.333. The molecule has 1 amide bonds. The highest BCUT2D eigenvalue weighted by Crippen LogP contribution is 2.29. The first-order valence-electron chi connectivity index (χ1n) is 9.60. The largest absolute Gasteiger partial charge is 0.378 e. The molecular weight excluding hydrogens is 393 g/mol. The van der Waals surface area contributed by atoms with E-state index in [1.54, 1.807) is 13.2 Å². The van der Waals surface area contributed by atoms with Crippen LogP contribution in [0.1, 0.15) is 22.3 Å². The number of hydrogen-bond acceptors (Lipinski definition) is 4. The van der Waals surface area contributed by atoms with Crippen molar-refractivity contribution in [2.45, 2.75) is 25.2 Å². The van der Waals surface area contributed by atoms with Crippen molar-refractivity contribution in [3.8, 4) is 0 Å². The monoisotopic (exact) mass is 415 g/mol. The molecule has 0 radical (unpaired) electrons. The Morgan fingerprint density at radius 1 is 1.34 bits per heavy atom. The number of hydrogen-bond donors (Lipinski definition) is 3. The Balaban J connectivity index is 1.49. The van der Waals surface area contributed by atoms with Gasteiger partial charge >= 0.3 is 0 Å². The number of piperidine rings is 1. The molecule has 1 aromatic carbocycles. The number of carbonyl (C=O) groups excluding carboxylic acids is 1. The van der Waals surface area contributed by atoms with Crippen LogP contribution in [0, 0.1) is 0 Å². The first-order valence-corrected chi connectivity index (χ1v) is 9.98. The number of H-pyrrole nitrogens is 1. The van der Waals surface area contributed by atoms with E-state index in [2.05, 4.69) is 25.5 Å². The molecule has 29 heavy (non-hydrogen) atoms. The summed E-state index contributed by atoms with van der Waals surface area (Å²) in [6.45, 7) is 1.78. The summed E-state index contributed by atoms with van der Waals surface area (Å²) >= 11 is 5.94. The van der Waals surface area contributed by atoms with Gasteiger partial charge in [0, 0.05) is 49.5 Å². The number of benzene rings is 1. The number of halogens is 2. The quantitative estimate of drug-likeness (QED) is 0.595. The molecule has 0 spiro atoms. The Hall–Kier alpha value is -2.64. The van der Waals surface area contributed by atoms with Crippen LogP contribution in [0.15, 0.2) is 42.7 Å². The average Bonchev–Trinajstić information content (AvgIpc) is 3.20. The van der Waals surface area contributed by atoms with Crippen LogP contribution >= 0.6 is 11.6 Å². The third-order valence-corrected chi connectivity index (χ3v) is 5.58. The minimum atomic E-state index is -1.06. The zero-order chi connectivity index (χ0) is 20.4. The van der Waals surface area contributed by atoms with E-state index in [9.17, 15) is 4.79 Å². The highest BCUT2D eigenvalue weighted by molar-refractivity contribution is 6.30. The fourth-order valence-electron chi connectivity index (χ4n) is 3.78. The summed E-state index contributed by atoms with van der Waals surface area (Å²) in [6, 6.07) is 9.11. The van der Waals surface area contributed by atoms with Gasteiger partial charge in [-0.05, 0) is 30.2 Å². The second-order valence-corrected chi connectivity index (χ2v) is 7.72. The lowest BCUT2D eigenvalue weighted by Crippen LogP contribution is -2.47. The molecule has 6 nitrogen and oxygen atoms in total. The Kier molecular flexibility index (Phi) is 5.69. The van der Waals surface area contributed by atoms with E-state index in [4.69, 9.17) is 11.6 Å². The lowest BCUT2D eigenvalue weighted by atomic mass is 10.0. The van der Waals surface area contributed by atoms with E-state index in [1.807, 2.05) is 30.3 Å². The van der Waals surface area contributed by atoms with Gasteiger partial charge in [-0.1, -0.05) is 23.7 Å². The number of aromatic nitrogens is 2. The fourth-order valence-corrected chi connectivity index (χ4v) is 3.90. The van der Waals surface area contributed by atoms with Crippen LogP contribution in [-0.4, -0.2) is 53.1 Å². The number of nitrogens with zero attached hydrogens (tertiary/aromatic N) is 2. The number of carbonyl (C=O) groups is 1. The highest BCUT2D eigenvalue weighted by Gasteiger charge is 2.30. The molecule has 3 N–H and O–H groups in total. The van der Waals surface area contributed by atoms with Gasteiger partial charge in [-0.3, -0.25) is 9.69 Å². The van der Waals surface area contributed by atoms with Crippen LogP contribution in [-0.2, 0) is 6.54 Å². The van der Waals surface area contributed by atoms with Crippen molar-refractivity contribution in [1.29, 1.82) is 0 Å². The van der Waals surface area contributed by atoms with Crippen molar-refractivity contribution in [1.82, 2.24) is 20.2 Å². The predicted molar refractivity (Wildman–Crippen MR) is 113 cm³/mol. The third kappa shape index (κ3) is 4.21. The van der Waals surface area contributed by atoms with Gasteiger partial charge in [0.05, 0.1) is 17.3 Å². The molecule has 3 heterocycles. The maximum atomic E-state index is 15.0. The van der Waals surface area contributed by atoms with Gasteiger partial charge in [0.25, 0.3) is 5.91 Å². The van der Waals surface area contributed by atoms with Crippen molar-refractivity contribution in [3.63, 3.8) is 0 Å². The van der Waals surface area contributed by atoms with Gasteiger partial charge in [0.15, 0.2) is 0 Å². The number of alkyl halides is 1. The minimum Gasteiger partial charge on any atom is -0.378 e. The lowest BCUT2D eigenvalue weighted by Gasteiger charge is -2.36. The van der Waals surface area contributed by atoms with Gasteiger partial charge < -0.3 is 15.6 Å². The summed E-state index contributed by atoms with van der Waals surface area (Å²) in [5.41, 5.74) is 2.80. The van der Waals surface area contributed by atoms with Crippen LogP contribution in [0.4, 0.5) is 10.1 Å². The number of nitrogens with one attached hydrogen (secondary N) is 3. The summed E-state index contributed by atoms with van der Waals surface area (Å²) in [6.07, 6.45) is 2.85. The second-order valence-electron chi connectivity index (χ2n) is 7.28. The molecule has 3 aromatic rings. The molecule has 0 bridgehead atoms. The number of amides is 1. The van der Waals surface area contributed by atoms with Crippen LogP contribution < -0.4 is 10.6 Å². The van der Waals surface area contributed by atoms with Gasteiger partial charge in [0.2, 0.25) is 0 Å². The predicted octanol–water partition coefficient (Wildman–Crippen LogP) is 3.60. The second kappa shape index (κ2) is 8.39. The Bertz CT molecular complexity index is 1010. The molecule has 2 atom stereocenters. The summed E-state index contributed by atoms with van der Waals surface area (Å²) in [4.78, 5) is 21.7. The topological polar surface area (TPSA) is 73.0 Å². The van der Waals surface area contributed by atoms with Gasteiger partial charge in [-0.2, -0.15) is 0 Å². The van der Waals surface area contributed by atoms with E-state index in [1.165, 1.54) is 6.20 Å². The summed E-state index contributed by atoms with van der Waals surface area (Å²) in [5.74, 6) is -0.251. The SMILES string of the molecule is CNC(=O)c1cnc2[nH]ccc2c1N[C@H]1CCN(Cc2ccc(Cl)cc2)C[C@H]1F. The smallest absolute Gasteiger partial charge is 0.254 e. The maximum Gasteiger partial charge on any atom is 0.254 e. The summed E-state index contributed by atoms with van der Waals surface area (Å²) in [5, 5.41) is 7.39. The molecule has 1 aliphatic rings. The Labute approximate surface area is 173 Å². The zero-order valence-electron chi connectivity index (χ0n) is 16.1. The molecule has 2 aromatic heterocycles. The van der Waals surface area contributed by atoms with E-state index in [0.29, 0.717) is 41.4 Å². The molecule has 4 rings (SSSR count). The molecule has 152 valence electrons. The van der Waals surface area contributed by atoms with Crippen molar-refractivity contribution < 1.29 is 9.18 Å². The number of likely N-dealkylation sites (tertiary alicyclic amines) is 1. The van der Waals surface area contributed by atoms with E-state index in [-0.39, 0.29) is 11.9 Å². The standard InChI is InChI=1S/C21H23ClFN5O/c1-24-21(29)16-10-26-20-15(6-8-25-20)19(16)27-18-7-9-28(12-17(18)23)11-13-2-4-14(22)5-3-13/h2-6,8,10,17-18H,7,9,11-12H2,1H3,(H,24,29)(H2,25,26,27)/t17-,18+/m1/s1. The van der Waals surface area contributed by atoms with Crippen molar-refractivity contribution >= 4 is 34.2 Å². The van der Waals surface area contributed by atoms with Gasteiger partial charge in [0.1, 0.15) is 11.8 Å². The average molecular weight is 416 g/mol. The first kappa shape index (κ1) is 19.7. The van der Waals surface area contributed by atoms with Crippen LogP contribution in [0.25, 0.3) is 11.0 Å². The lowest BCUT2D eigenvalue weighted by molar-refractivity contribution is 0.0962. The molecule has 0 saturated carbocycles. The Morgan fingerprint density at radius 3 is 2.86 bits per heavy atom. The van der Waals surface area contributed by atoms with Crippen LogP contribution in [0.2, 0.25) is 5.02 Å². The van der Waals surface area contributed by atoms with Crippen molar-refractivity contribution in [3.05, 3.63) is 58.9 Å². The van der Waals surface area contributed by atoms with E-state index < -0.39 is 6.17 Å². The Morgan fingerprint density at radius 2 is 2.14 bits per heavy atom. The minimum absolute atomic E-state index is 0.251. The van der Waals surface area contributed by atoms with Crippen LogP contribution in [0.5, 0.6) is 0 Å². The summed E-state index contributed by atoms with van der Waals surface area (Å²) in [7, 11) is 1.57. The molecule has 1 fully saturated rings. The molecule has 0 unspecified atom stereocenters. The number of pyridine rings is 1. The zero-order valence-corrected chi connectivity index (χ0v) is 16.8. The number of anilines is 1.